The second-order valence-electron chi connectivity index (χ2n) is 3.00. The number of hydrogen-bond acceptors (Lipinski definition) is 3. The van der Waals surface area contributed by atoms with Crippen molar-refractivity contribution in [2.24, 2.45) is 0 Å². The van der Waals surface area contributed by atoms with Gasteiger partial charge in [0.05, 0.1) is 6.61 Å². The molecule has 1 atom stereocenters. The van der Waals surface area contributed by atoms with Crippen LogP contribution in [0, 0.1) is 6.92 Å². The highest BCUT2D eigenvalue weighted by Gasteiger charge is 2.10. The fourth-order valence-electron chi connectivity index (χ4n) is 1.09. The van der Waals surface area contributed by atoms with Crippen LogP contribution in [0.15, 0.2) is 9.59 Å². The van der Waals surface area contributed by atoms with Gasteiger partial charge in [0.1, 0.15) is 6.17 Å². The predicted molar refractivity (Wildman–Crippen MR) is 48.1 cm³/mol. The van der Waals surface area contributed by atoms with Gasteiger partial charge in [-0.1, -0.05) is 0 Å². The van der Waals surface area contributed by atoms with Crippen molar-refractivity contribution in [3.63, 3.8) is 0 Å². The van der Waals surface area contributed by atoms with Crippen molar-refractivity contribution in [2.45, 2.75) is 19.5 Å². The summed E-state index contributed by atoms with van der Waals surface area (Å²) in [5, 5.41) is 8.47. The Labute approximate surface area is 78.6 Å². The Morgan fingerprint density at radius 2 is 2.07 bits per heavy atom. The molecule has 14 heavy (non-hydrogen) atoms. The predicted octanol–water partition coefficient (Wildman–Crippen LogP) is -0.755. The molecule has 0 radical (unpaired) electrons. The molecule has 1 unspecified atom stereocenters. The highest BCUT2D eigenvalue weighted by Crippen LogP contribution is 2.02. The summed E-state index contributed by atoms with van der Waals surface area (Å²) >= 11 is 0. The molecule has 0 aliphatic heterocycles. The SMILES string of the molecule is Cc1c(CC(F)CO)[nH]c(=O)[nH]c1=O. The summed E-state index contributed by atoms with van der Waals surface area (Å²) in [6.45, 7) is 0.850. The maximum atomic E-state index is 12.8. The van der Waals surface area contributed by atoms with Gasteiger partial charge in [0, 0.05) is 17.7 Å². The van der Waals surface area contributed by atoms with Gasteiger partial charge in [-0.15, -0.1) is 0 Å². The molecule has 1 heterocycles. The third-order valence-corrected chi connectivity index (χ3v) is 1.91. The minimum atomic E-state index is -1.47. The van der Waals surface area contributed by atoms with Gasteiger partial charge in [0.15, 0.2) is 0 Å². The van der Waals surface area contributed by atoms with E-state index in [4.69, 9.17) is 5.11 Å². The van der Waals surface area contributed by atoms with Crippen LogP contribution in [0.2, 0.25) is 0 Å². The Balaban J connectivity index is 3.09. The molecule has 1 rings (SSSR count). The largest absolute Gasteiger partial charge is 0.393 e. The molecular formula is C8H11FN2O3. The summed E-state index contributed by atoms with van der Waals surface area (Å²) < 4.78 is 12.8. The van der Waals surface area contributed by atoms with E-state index in [1.54, 1.807) is 0 Å². The first kappa shape index (κ1) is 10.6. The van der Waals surface area contributed by atoms with Crippen LogP contribution in [0.25, 0.3) is 0 Å². The molecule has 6 heteroatoms. The first-order valence-electron chi connectivity index (χ1n) is 4.11. The van der Waals surface area contributed by atoms with Crippen LogP contribution in [-0.2, 0) is 6.42 Å². The Hall–Kier alpha value is -1.43. The first-order valence-corrected chi connectivity index (χ1v) is 4.11. The van der Waals surface area contributed by atoms with E-state index in [0.29, 0.717) is 0 Å². The van der Waals surface area contributed by atoms with Gasteiger partial charge in [-0.25, -0.2) is 9.18 Å². The summed E-state index contributed by atoms with van der Waals surface area (Å²) in [4.78, 5) is 26.2. The normalized spacial score (nSPS) is 12.8. The van der Waals surface area contributed by atoms with E-state index in [-0.39, 0.29) is 17.7 Å². The number of hydrogen-bond donors (Lipinski definition) is 3. The Bertz CT molecular complexity index is 423. The summed E-state index contributed by atoms with van der Waals surface area (Å²) in [5.74, 6) is 0. The number of rotatable bonds is 3. The fourth-order valence-corrected chi connectivity index (χ4v) is 1.09. The highest BCUT2D eigenvalue weighted by molar-refractivity contribution is 5.14. The lowest BCUT2D eigenvalue weighted by Gasteiger charge is -2.06. The standard InChI is InChI=1S/C8H11FN2O3/c1-4-6(2-5(9)3-12)10-8(14)11-7(4)13/h5,12H,2-3H2,1H3,(H2,10,11,13,14). The van der Waals surface area contributed by atoms with Gasteiger partial charge < -0.3 is 10.1 Å². The Morgan fingerprint density at radius 1 is 1.43 bits per heavy atom. The Morgan fingerprint density at radius 3 is 2.64 bits per heavy atom. The molecule has 0 fully saturated rings. The molecule has 3 N–H and O–H groups in total. The molecule has 0 aliphatic rings. The number of aromatic amines is 2. The second kappa shape index (κ2) is 4.19. The van der Waals surface area contributed by atoms with Crippen molar-refractivity contribution in [2.75, 3.05) is 6.61 Å². The molecule has 0 bridgehead atoms. The topological polar surface area (TPSA) is 85.9 Å². The van der Waals surface area contributed by atoms with Gasteiger partial charge in [0.2, 0.25) is 0 Å². The highest BCUT2D eigenvalue weighted by atomic mass is 19.1. The van der Waals surface area contributed by atoms with Crippen molar-refractivity contribution < 1.29 is 9.50 Å². The van der Waals surface area contributed by atoms with Crippen LogP contribution in [0.3, 0.4) is 0 Å². The van der Waals surface area contributed by atoms with E-state index < -0.39 is 24.0 Å². The lowest BCUT2D eigenvalue weighted by atomic mass is 10.1. The van der Waals surface area contributed by atoms with Crippen molar-refractivity contribution in [3.05, 3.63) is 32.1 Å². The first-order chi connectivity index (χ1) is 6.54. The van der Waals surface area contributed by atoms with Gasteiger partial charge in [0.25, 0.3) is 5.56 Å². The summed E-state index contributed by atoms with van der Waals surface area (Å²) in [7, 11) is 0. The van der Waals surface area contributed by atoms with Gasteiger partial charge in [-0.2, -0.15) is 0 Å². The minimum Gasteiger partial charge on any atom is -0.393 e. The molecule has 1 aromatic rings. The molecule has 0 saturated heterocycles. The van der Waals surface area contributed by atoms with Crippen molar-refractivity contribution in [1.29, 1.82) is 0 Å². The molecular weight excluding hydrogens is 191 g/mol. The van der Waals surface area contributed by atoms with Crippen molar-refractivity contribution in [3.8, 4) is 0 Å². The van der Waals surface area contributed by atoms with E-state index in [0.717, 1.165) is 0 Å². The van der Waals surface area contributed by atoms with E-state index >= 15 is 0 Å². The van der Waals surface area contributed by atoms with Gasteiger partial charge in [-0.05, 0) is 6.92 Å². The van der Waals surface area contributed by atoms with Crippen LogP contribution in [0.1, 0.15) is 11.3 Å². The van der Waals surface area contributed by atoms with Gasteiger partial charge in [-0.3, -0.25) is 9.78 Å². The van der Waals surface area contributed by atoms with Crippen LogP contribution in [0.4, 0.5) is 4.39 Å². The molecule has 5 nitrogen and oxygen atoms in total. The molecule has 0 saturated carbocycles. The Kier molecular flexibility index (Phi) is 3.19. The summed E-state index contributed by atoms with van der Waals surface area (Å²) in [6.07, 6.45) is -1.63. The smallest absolute Gasteiger partial charge is 0.325 e. The van der Waals surface area contributed by atoms with E-state index in [2.05, 4.69) is 4.98 Å². The number of aliphatic hydroxyl groups is 1. The zero-order valence-corrected chi connectivity index (χ0v) is 7.63. The molecule has 0 amide bonds. The van der Waals surface area contributed by atoms with E-state index in [9.17, 15) is 14.0 Å². The molecule has 0 spiro atoms. The number of aromatic nitrogens is 2. The quantitative estimate of drug-likeness (QED) is 0.602. The number of alkyl halides is 1. The summed E-state index contributed by atoms with van der Waals surface area (Å²) in [5.41, 5.74) is -0.712. The van der Waals surface area contributed by atoms with Crippen LogP contribution in [0.5, 0.6) is 0 Å². The third-order valence-electron chi connectivity index (χ3n) is 1.91. The number of halogens is 1. The minimum absolute atomic E-state index is 0.165. The third kappa shape index (κ3) is 2.29. The van der Waals surface area contributed by atoms with Crippen LogP contribution >= 0.6 is 0 Å². The average molecular weight is 202 g/mol. The lowest BCUT2D eigenvalue weighted by Crippen LogP contribution is -2.28. The fraction of sp³-hybridized carbons (Fsp3) is 0.500. The second-order valence-corrected chi connectivity index (χ2v) is 3.00. The molecule has 1 aromatic heterocycles. The number of H-pyrrole nitrogens is 2. The van der Waals surface area contributed by atoms with E-state index in [1.807, 2.05) is 4.98 Å². The number of aliphatic hydroxyl groups excluding tert-OH is 1. The zero-order chi connectivity index (χ0) is 10.7. The summed E-state index contributed by atoms with van der Waals surface area (Å²) in [6, 6.07) is 0. The lowest BCUT2D eigenvalue weighted by molar-refractivity contribution is 0.176. The maximum absolute atomic E-state index is 12.8. The van der Waals surface area contributed by atoms with Crippen LogP contribution in [-0.4, -0.2) is 27.9 Å². The molecule has 78 valence electrons. The molecule has 0 aromatic carbocycles. The van der Waals surface area contributed by atoms with Gasteiger partial charge >= 0.3 is 5.69 Å². The average Bonchev–Trinajstić information content (AvgIpc) is 2.13. The monoisotopic (exact) mass is 202 g/mol. The maximum Gasteiger partial charge on any atom is 0.325 e. The number of nitrogens with one attached hydrogen (secondary N) is 2. The zero-order valence-electron chi connectivity index (χ0n) is 7.63. The van der Waals surface area contributed by atoms with E-state index in [1.165, 1.54) is 6.92 Å². The van der Waals surface area contributed by atoms with Crippen LogP contribution < -0.4 is 11.2 Å². The van der Waals surface area contributed by atoms with Crippen molar-refractivity contribution >= 4 is 0 Å². The molecule has 0 aliphatic carbocycles. The van der Waals surface area contributed by atoms with Crippen molar-refractivity contribution in [1.82, 2.24) is 9.97 Å².